The smallest absolute Gasteiger partial charge is 0.139 e. The fourth-order valence-corrected chi connectivity index (χ4v) is 1.33. The Labute approximate surface area is 64.7 Å². The molecule has 0 N–H and O–H groups in total. The van der Waals surface area contributed by atoms with Crippen LogP contribution in [0.1, 0.15) is 6.92 Å². The quantitative estimate of drug-likeness (QED) is 0.480. The Morgan fingerprint density at radius 3 is 2.73 bits per heavy atom. The summed E-state index contributed by atoms with van der Waals surface area (Å²) in [5, 5.41) is 2.10. The molecular weight excluding hydrogens is 139 g/mol. The molecule has 11 heavy (non-hydrogen) atoms. The number of hydrogen-bond donors (Lipinski definition) is 0. The number of rotatable bonds is 0. The first-order valence-corrected chi connectivity index (χ1v) is 3.58. The Hall–Kier alpha value is -1.24. The summed E-state index contributed by atoms with van der Waals surface area (Å²) in [7, 11) is 0. The van der Waals surface area contributed by atoms with Gasteiger partial charge < -0.3 is 0 Å². The number of hydrogen-bond acceptors (Lipinski definition) is 0. The van der Waals surface area contributed by atoms with Gasteiger partial charge >= 0.3 is 0 Å². The van der Waals surface area contributed by atoms with E-state index in [4.69, 9.17) is 0 Å². The molecule has 0 nitrogen and oxygen atoms in total. The Morgan fingerprint density at radius 1 is 1.18 bits per heavy atom. The standard InChI is InChI=1S/C10H8F/c1-7-4-8-2-3-10(11)6-9(8)5-7/h2-6H,1H3/q+1. The van der Waals surface area contributed by atoms with Gasteiger partial charge in [0.2, 0.25) is 0 Å². The first-order chi connectivity index (χ1) is 5.25. The van der Waals surface area contributed by atoms with Gasteiger partial charge in [-0.1, -0.05) is 0 Å². The topological polar surface area (TPSA) is 0 Å². The van der Waals surface area contributed by atoms with Crippen LogP contribution in [0.3, 0.4) is 0 Å². The minimum absolute atomic E-state index is 0.164. The van der Waals surface area contributed by atoms with Gasteiger partial charge in [0.1, 0.15) is 16.3 Å². The summed E-state index contributed by atoms with van der Waals surface area (Å²) >= 11 is 0. The first kappa shape index (κ1) is 6.47. The Morgan fingerprint density at radius 2 is 1.91 bits per heavy atom. The Bertz CT molecular complexity index is 390. The third-order valence-corrected chi connectivity index (χ3v) is 1.82. The zero-order chi connectivity index (χ0) is 7.84. The summed E-state index contributed by atoms with van der Waals surface area (Å²) in [5.41, 5.74) is 0. The van der Waals surface area contributed by atoms with Crippen LogP contribution in [0.4, 0.5) is 4.39 Å². The summed E-state index contributed by atoms with van der Waals surface area (Å²) in [6.45, 7) is 2.01. The van der Waals surface area contributed by atoms with Crippen molar-refractivity contribution in [2.24, 2.45) is 0 Å². The highest BCUT2D eigenvalue weighted by molar-refractivity contribution is 5.65. The molecule has 0 amide bonds. The second-order valence-electron chi connectivity index (χ2n) is 2.81. The van der Waals surface area contributed by atoms with Crippen molar-refractivity contribution in [2.75, 3.05) is 0 Å². The van der Waals surface area contributed by atoms with Gasteiger partial charge in [0, 0.05) is 13.0 Å². The van der Waals surface area contributed by atoms with Crippen molar-refractivity contribution in [3.63, 3.8) is 0 Å². The Kier molecular flexibility index (Phi) is 1.25. The maximum Gasteiger partial charge on any atom is 0.139 e. The zero-order valence-electron chi connectivity index (χ0n) is 6.26. The van der Waals surface area contributed by atoms with Crippen LogP contribution in [0.25, 0.3) is 12.2 Å². The van der Waals surface area contributed by atoms with Crippen molar-refractivity contribution < 1.29 is 4.39 Å². The highest BCUT2D eigenvalue weighted by atomic mass is 19.1. The predicted molar refractivity (Wildman–Crippen MR) is 43.5 cm³/mol. The minimum Gasteiger partial charge on any atom is -0.206 e. The van der Waals surface area contributed by atoms with E-state index in [-0.39, 0.29) is 5.82 Å². The van der Waals surface area contributed by atoms with Crippen molar-refractivity contribution in [3.05, 3.63) is 40.4 Å². The highest BCUT2D eigenvalue weighted by Gasteiger charge is 2.10. The summed E-state index contributed by atoms with van der Waals surface area (Å²) in [5.74, 6) is 1.02. The van der Waals surface area contributed by atoms with E-state index in [0.29, 0.717) is 0 Å². The molecule has 0 heterocycles. The second kappa shape index (κ2) is 2.12. The monoisotopic (exact) mass is 147 g/mol. The molecule has 0 unspecified atom stereocenters. The SMILES string of the molecule is C[C+]1C=c2ccc(F)cc2=C1. The van der Waals surface area contributed by atoms with E-state index < -0.39 is 0 Å². The molecule has 54 valence electrons. The van der Waals surface area contributed by atoms with E-state index in [1.807, 2.05) is 13.0 Å². The van der Waals surface area contributed by atoms with Gasteiger partial charge in [-0.05, 0) is 6.07 Å². The molecule has 1 aromatic rings. The molecule has 0 aliphatic heterocycles. The Balaban J connectivity index is 2.78. The largest absolute Gasteiger partial charge is 0.206 e. The molecule has 1 heteroatoms. The molecule has 0 aromatic heterocycles. The highest BCUT2D eigenvalue weighted by Crippen LogP contribution is 2.04. The molecule has 1 aliphatic rings. The maximum absolute atomic E-state index is 12.6. The third kappa shape index (κ3) is 1.03. The van der Waals surface area contributed by atoms with Crippen LogP contribution in [0.2, 0.25) is 0 Å². The van der Waals surface area contributed by atoms with E-state index in [1.165, 1.54) is 12.0 Å². The fourth-order valence-electron chi connectivity index (χ4n) is 1.33. The lowest BCUT2D eigenvalue weighted by molar-refractivity contribution is 0.626. The third-order valence-electron chi connectivity index (χ3n) is 1.82. The van der Waals surface area contributed by atoms with E-state index in [1.54, 1.807) is 12.1 Å². The van der Waals surface area contributed by atoms with Crippen LogP contribution >= 0.6 is 0 Å². The molecule has 0 atom stereocenters. The van der Waals surface area contributed by atoms with Crippen LogP contribution in [0.5, 0.6) is 0 Å². The predicted octanol–water partition coefficient (Wildman–Crippen LogP) is 0.995. The second-order valence-corrected chi connectivity index (χ2v) is 2.81. The number of fused-ring (bicyclic) bond motifs is 1. The molecule has 0 fully saturated rings. The van der Waals surface area contributed by atoms with E-state index in [2.05, 4.69) is 6.08 Å². The van der Waals surface area contributed by atoms with Crippen molar-refractivity contribution >= 4 is 12.2 Å². The molecule has 1 aliphatic carbocycles. The average Bonchev–Trinajstić information content (AvgIpc) is 2.27. The van der Waals surface area contributed by atoms with Crippen molar-refractivity contribution in [3.8, 4) is 0 Å². The van der Waals surface area contributed by atoms with E-state index >= 15 is 0 Å². The van der Waals surface area contributed by atoms with Crippen molar-refractivity contribution in [1.82, 2.24) is 0 Å². The van der Waals surface area contributed by atoms with Gasteiger partial charge in [-0.15, -0.1) is 0 Å². The lowest BCUT2D eigenvalue weighted by Gasteiger charge is -1.77. The zero-order valence-corrected chi connectivity index (χ0v) is 6.26. The minimum atomic E-state index is -0.164. The normalized spacial score (nSPS) is 13.8. The van der Waals surface area contributed by atoms with Crippen LogP contribution < -0.4 is 10.4 Å². The molecule has 0 spiro atoms. The molecular formula is C10H8F+. The van der Waals surface area contributed by atoms with Crippen molar-refractivity contribution in [1.29, 1.82) is 0 Å². The van der Waals surface area contributed by atoms with Gasteiger partial charge in [0.05, 0.1) is 24.1 Å². The fraction of sp³-hybridized carbons (Fsp3) is 0.100. The van der Waals surface area contributed by atoms with Gasteiger partial charge in [0.15, 0.2) is 0 Å². The summed E-state index contributed by atoms with van der Waals surface area (Å²) in [6.07, 6.45) is 4.03. The van der Waals surface area contributed by atoms with Crippen LogP contribution in [-0.4, -0.2) is 0 Å². The summed E-state index contributed by atoms with van der Waals surface area (Å²) in [6, 6.07) is 4.85. The lowest BCUT2D eigenvalue weighted by Crippen LogP contribution is -2.20. The number of benzene rings is 1. The van der Waals surface area contributed by atoms with E-state index in [0.717, 1.165) is 10.4 Å². The van der Waals surface area contributed by atoms with E-state index in [9.17, 15) is 4.39 Å². The molecule has 0 radical (unpaired) electrons. The van der Waals surface area contributed by atoms with Crippen LogP contribution in [-0.2, 0) is 0 Å². The lowest BCUT2D eigenvalue weighted by atomic mass is 10.2. The maximum atomic E-state index is 12.6. The molecule has 2 rings (SSSR count). The molecule has 0 saturated carbocycles. The number of halogens is 1. The molecule has 1 aromatic carbocycles. The van der Waals surface area contributed by atoms with Crippen LogP contribution in [0, 0.1) is 11.7 Å². The average molecular weight is 147 g/mol. The van der Waals surface area contributed by atoms with Gasteiger partial charge in [-0.3, -0.25) is 0 Å². The molecule has 0 bridgehead atoms. The summed E-state index contributed by atoms with van der Waals surface area (Å²) in [4.78, 5) is 0. The van der Waals surface area contributed by atoms with Gasteiger partial charge in [-0.25, -0.2) is 4.39 Å². The summed E-state index contributed by atoms with van der Waals surface area (Å²) < 4.78 is 12.6. The van der Waals surface area contributed by atoms with Gasteiger partial charge in [0.25, 0.3) is 0 Å². The molecule has 0 saturated heterocycles. The first-order valence-electron chi connectivity index (χ1n) is 3.58. The van der Waals surface area contributed by atoms with Crippen molar-refractivity contribution in [2.45, 2.75) is 6.92 Å². The van der Waals surface area contributed by atoms with Crippen LogP contribution in [0.15, 0.2) is 18.2 Å². The van der Waals surface area contributed by atoms with Gasteiger partial charge in [-0.2, -0.15) is 0 Å².